The molecule has 2 aromatic rings. The SMILES string of the molecule is N#Cc1cnccc1/C=C/c1ccc(O)cc1. The van der Waals surface area contributed by atoms with E-state index < -0.39 is 0 Å². The second kappa shape index (κ2) is 4.95. The molecular formula is C14H10N2O. The highest BCUT2D eigenvalue weighted by atomic mass is 16.3. The highest BCUT2D eigenvalue weighted by Crippen LogP contribution is 2.14. The van der Waals surface area contributed by atoms with Gasteiger partial charge < -0.3 is 5.11 Å². The van der Waals surface area contributed by atoms with Crippen molar-refractivity contribution in [3.8, 4) is 11.8 Å². The number of hydrogen-bond donors (Lipinski definition) is 1. The van der Waals surface area contributed by atoms with Crippen molar-refractivity contribution in [3.63, 3.8) is 0 Å². The molecule has 0 spiro atoms. The third kappa shape index (κ3) is 2.70. The van der Waals surface area contributed by atoms with Crippen LogP contribution in [0, 0.1) is 11.3 Å². The Hall–Kier alpha value is -2.60. The molecule has 0 unspecified atom stereocenters. The second-order valence-corrected chi connectivity index (χ2v) is 3.50. The van der Waals surface area contributed by atoms with Crippen molar-refractivity contribution in [1.82, 2.24) is 4.98 Å². The molecule has 82 valence electrons. The van der Waals surface area contributed by atoms with Crippen molar-refractivity contribution >= 4 is 12.2 Å². The molecule has 3 nitrogen and oxygen atoms in total. The van der Waals surface area contributed by atoms with E-state index in [1.165, 1.54) is 6.20 Å². The quantitative estimate of drug-likeness (QED) is 0.850. The summed E-state index contributed by atoms with van der Waals surface area (Å²) < 4.78 is 0. The molecule has 0 amide bonds. The van der Waals surface area contributed by atoms with E-state index >= 15 is 0 Å². The van der Waals surface area contributed by atoms with Gasteiger partial charge in [0.1, 0.15) is 11.8 Å². The molecule has 1 N–H and O–H groups in total. The van der Waals surface area contributed by atoms with Gasteiger partial charge in [-0.15, -0.1) is 0 Å². The molecule has 0 aliphatic heterocycles. The van der Waals surface area contributed by atoms with Crippen molar-refractivity contribution in [2.75, 3.05) is 0 Å². The van der Waals surface area contributed by atoms with Gasteiger partial charge in [-0.2, -0.15) is 5.26 Å². The van der Waals surface area contributed by atoms with Crippen LogP contribution in [-0.4, -0.2) is 10.1 Å². The minimum atomic E-state index is 0.240. The molecule has 0 bridgehead atoms. The van der Waals surface area contributed by atoms with Crippen LogP contribution >= 0.6 is 0 Å². The lowest BCUT2D eigenvalue weighted by Crippen LogP contribution is -1.82. The molecule has 0 saturated heterocycles. The van der Waals surface area contributed by atoms with Crippen LogP contribution in [-0.2, 0) is 0 Å². The lowest BCUT2D eigenvalue weighted by molar-refractivity contribution is 0.475. The number of rotatable bonds is 2. The highest BCUT2D eigenvalue weighted by Gasteiger charge is 1.96. The summed E-state index contributed by atoms with van der Waals surface area (Å²) >= 11 is 0. The molecular weight excluding hydrogens is 212 g/mol. The van der Waals surface area contributed by atoms with Crippen LogP contribution in [0.3, 0.4) is 0 Å². The number of phenols is 1. The van der Waals surface area contributed by atoms with Gasteiger partial charge in [0.2, 0.25) is 0 Å². The molecule has 1 aromatic heterocycles. The smallest absolute Gasteiger partial charge is 0.115 e. The zero-order chi connectivity index (χ0) is 12.1. The minimum Gasteiger partial charge on any atom is -0.508 e. The van der Waals surface area contributed by atoms with Crippen molar-refractivity contribution in [2.45, 2.75) is 0 Å². The van der Waals surface area contributed by atoms with Crippen LogP contribution in [0.5, 0.6) is 5.75 Å². The molecule has 0 aliphatic rings. The first-order valence-electron chi connectivity index (χ1n) is 5.11. The summed E-state index contributed by atoms with van der Waals surface area (Å²) in [5.74, 6) is 0.240. The molecule has 0 saturated carbocycles. The Morgan fingerprint density at radius 3 is 2.59 bits per heavy atom. The van der Waals surface area contributed by atoms with Crippen LogP contribution in [0.2, 0.25) is 0 Å². The van der Waals surface area contributed by atoms with Gasteiger partial charge >= 0.3 is 0 Å². The number of phenolic OH excluding ortho intramolecular Hbond substituents is 1. The highest BCUT2D eigenvalue weighted by molar-refractivity contribution is 5.72. The number of hydrogen-bond acceptors (Lipinski definition) is 3. The van der Waals surface area contributed by atoms with Crippen LogP contribution in [0.15, 0.2) is 42.7 Å². The van der Waals surface area contributed by atoms with E-state index in [0.29, 0.717) is 5.56 Å². The lowest BCUT2D eigenvalue weighted by Gasteiger charge is -1.97. The molecule has 2 rings (SSSR count). The number of nitriles is 1. The van der Waals surface area contributed by atoms with Crippen molar-refractivity contribution in [2.24, 2.45) is 0 Å². The Labute approximate surface area is 99.3 Å². The van der Waals surface area contributed by atoms with Crippen molar-refractivity contribution in [3.05, 3.63) is 59.4 Å². The third-order valence-electron chi connectivity index (χ3n) is 2.32. The first-order valence-corrected chi connectivity index (χ1v) is 5.11. The van der Waals surface area contributed by atoms with Crippen LogP contribution in [0.1, 0.15) is 16.7 Å². The summed E-state index contributed by atoms with van der Waals surface area (Å²) in [5, 5.41) is 18.0. The average Bonchev–Trinajstić information content (AvgIpc) is 2.38. The van der Waals surface area contributed by atoms with Crippen LogP contribution in [0.25, 0.3) is 12.2 Å². The number of nitrogens with zero attached hydrogens (tertiary/aromatic N) is 2. The summed E-state index contributed by atoms with van der Waals surface area (Å²) in [4.78, 5) is 3.89. The fraction of sp³-hybridized carbons (Fsp3) is 0. The Bertz CT molecular complexity index is 580. The topological polar surface area (TPSA) is 56.9 Å². The molecule has 0 radical (unpaired) electrons. The van der Waals surface area contributed by atoms with E-state index in [9.17, 15) is 0 Å². The molecule has 1 aromatic carbocycles. The van der Waals surface area contributed by atoms with E-state index in [4.69, 9.17) is 10.4 Å². The normalized spacial score (nSPS) is 10.3. The maximum atomic E-state index is 9.15. The monoisotopic (exact) mass is 222 g/mol. The van der Waals surface area contributed by atoms with Gasteiger partial charge in [-0.05, 0) is 29.3 Å². The van der Waals surface area contributed by atoms with Gasteiger partial charge in [-0.25, -0.2) is 0 Å². The summed E-state index contributed by atoms with van der Waals surface area (Å²) in [7, 11) is 0. The van der Waals surface area contributed by atoms with E-state index in [1.807, 2.05) is 12.2 Å². The average molecular weight is 222 g/mol. The first-order chi connectivity index (χ1) is 8.29. The standard InChI is InChI=1S/C14H10N2O/c15-9-13-10-16-8-7-12(13)4-1-11-2-5-14(17)6-3-11/h1-8,10,17H/b4-1+. The largest absolute Gasteiger partial charge is 0.508 e. The fourth-order valence-electron chi connectivity index (χ4n) is 1.42. The van der Waals surface area contributed by atoms with Gasteiger partial charge in [0.15, 0.2) is 0 Å². The zero-order valence-electron chi connectivity index (χ0n) is 9.04. The van der Waals surface area contributed by atoms with E-state index in [2.05, 4.69) is 11.1 Å². The fourth-order valence-corrected chi connectivity index (χ4v) is 1.42. The summed E-state index contributed by atoms with van der Waals surface area (Å²) in [6, 6.07) is 10.7. The maximum absolute atomic E-state index is 9.15. The molecule has 0 atom stereocenters. The number of benzene rings is 1. The summed E-state index contributed by atoms with van der Waals surface area (Å²) in [6.45, 7) is 0. The molecule has 3 heteroatoms. The van der Waals surface area contributed by atoms with Crippen molar-refractivity contribution < 1.29 is 5.11 Å². The molecule has 17 heavy (non-hydrogen) atoms. The zero-order valence-corrected chi connectivity index (χ0v) is 9.04. The van der Waals surface area contributed by atoms with E-state index in [1.54, 1.807) is 36.5 Å². The predicted molar refractivity (Wildman–Crippen MR) is 66.0 cm³/mol. The Morgan fingerprint density at radius 2 is 1.88 bits per heavy atom. The summed E-state index contributed by atoms with van der Waals surface area (Å²) in [5.41, 5.74) is 2.33. The van der Waals surface area contributed by atoms with Gasteiger partial charge in [-0.3, -0.25) is 4.98 Å². The van der Waals surface area contributed by atoms with E-state index in [-0.39, 0.29) is 5.75 Å². The first kappa shape index (κ1) is 10.9. The minimum absolute atomic E-state index is 0.240. The van der Waals surface area contributed by atoms with Crippen LogP contribution in [0.4, 0.5) is 0 Å². The summed E-state index contributed by atoms with van der Waals surface area (Å²) in [6.07, 6.45) is 6.93. The Balaban J connectivity index is 2.26. The van der Waals surface area contributed by atoms with Crippen LogP contribution < -0.4 is 0 Å². The second-order valence-electron chi connectivity index (χ2n) is 3.50. The number of aromatic hydroxyl groups is 1. The molecule has 0 fully saturated rings. The maximum Gasteiger partial charge on any atom is 0.115 e. The number of pyridine rings is 1. The lowest BCUT2D eigenvalue weighted by atomic mass is 10.1. The van der Waals surface area contributed by atoms with Gasteiger partial charge in [-0.1, -0.05) is 24.3 Å². The Kier molecular flexibility index (Phi) is 3.18. The molecule has 0 aliphatic carbocycles. The Morgan fingerprint density at radius 1 is 1.12 bits per heavy atom. The van der Waals surface area contributed by atoms with Gasteiger partial charge in [0.05, 0.1) is 5.56 Å². The number of aromatic nitrogens is 1. The van der Waals surface area contributed by atoms with E-state index in [0.717, 1.165) is 11.1 Å². The van der Waals surface area contributed by atoms with Gasteiger partial charge in [0, 0.05) is 12.4 Å². The van der Waals surface area contributed by atoms with Crippen molar-refractivity contribution in [1.29, 1.82) is 5.26 Å². The predicted octanol–water partition coefficient (Wildman–Crippen LogP) is 2.83. The molecule has 1 heterocycles. The van der Waals surface area contributed by atoms with Gasteiger partial charge in [0.25, 0.3) is 0 Å². The third-order valence-corrected chi connectivity index (χ3v) is 2.32.